The molecular weight excluding hydrogens is 412 g/mol. The lowest BCUT2D eigenvalue weighted by Gasteiger charge is -2.17. The van der Waals surface area contributed by atoms with Gasteiger partial charge in [0.2, 0.25) is 0 Å². The summed E-state index contributed by atoms with van der Waals surface area (Å²) < 4.78 is 20.1. The summed E-state index contributed by atoms with van der Waals surface area (Å²) >= 11 is 0. The molecule has 2 rings (SSSR count). The van der Waals surface area contributed by atoms with E-state index < -0.39 is 5.67 Å². The number of nitrogens with one attached hydrogen (secondary N) is 1. The van der Waals surface area contributed by atoms with Crippen molar-refractivity contribution in [2.24, 2.45) is 5.92 Å². The number of benzene rings is 1. The SMILES string of the molecule is C=C([B]/C(C)=C\C)c1cc(OCC(C)CC)cc(C(=C)NCc2cnc(C(C)(C)F)nc2)c1. The largest absolute Gasteiger partial charge is 0.493 e. The number of nitrogens with zero attached hydrogens (tertiary/aromatic N) is 2. The highest BCUT2D eigenvalue weighted by Crippen LogP contribution is 2.26. The Morgan fingerprint density at radius 1 is 1.21 bits per heavy atom. The molecule has 1 N–H and O–H groups in total. The number of alkyl halides is 1. The third-order valence-corrected chi connectivity index (χ3v) is 5.46. The first-order valence-corrected chi connectivity index (χ1v) is 11.4. The van der Waals surface area contributed by atoms with Gasteiger partial charge in [-0.3, -0.25) is 0 Å². The van der Waals surface area contributed by atoms with Crippen molar-refractivity contribution in [2.45, 2.75) is 60.2 Å². The zero-order valence-electron chi connectivity index (χ0n) is 20.8. The van der Waals surface area contributed by atoms with Crippen molar-refractivity contribution in [2.75, 3.05) is 6.61 Å². The molecular formula is C27H36BFN3O. The van der Waals surface area contributed by atoms with E-state index in [0.29, 0.717) is 19.1 Å². The minimum Gasteiger partial charge on any atom is -0.493 e. The molecule has 6 heteroatoms. The van der Waals surface area contributed by atoms with E-state index in [4.69, 9.17) is 4.74 Å². The number of rotatable bonds is 12. The summed E-state index contributed by atoms with van der Waals surface area (Å²) in [5.74, 6) is 1.43. The summed E-state index contributed by atoms with van der Waals surface area (Å²) in [6.45, 7) is 20.8. The fourth-order valence-electron chi connectivity index (χ4n) is 2.90. The molecule has 2 aromatic rings. The van der Waals surface area contributed by atoms with Crippen LogP contribution in [0.2, 0.25) is 0 Å². The molecule has 1 atom stereocenters. The lowest BCUT2D eigenvalue weighted by atomic mass is 9.61. The van der Waals surface area contributed by atoms with Gasteiger partial charge >= 0.3 is 0 Å². The lowest BCUT2D eigenvalue weighted by molar-refractivity contribution is 0.206. The molecule has 1 aromatic heterocycles. The summed E-state index contributed by atoms with van der Waals surface area (Å²) in [4.78, 5) is 8.28. The first kappa shape index (κ1) is 26.4. The van der Waals surface area contributed by atoms with Gasteiger partial charge in [0.25, 0.3) is 0 Å². The van der Waals surface area contributed by atoms with Crippen LogP contribution in [0.15, 0.2) is 55.3 Å². The molecule has 0 fully saturated rings. The van der Waals surface area contributed by atoms with Gasteiger partial charge in [-0.05, 0) is 50.5 Å². The van der Waals surface area contributed by atoms with Gasteiger partial charge in [0.15, 0.2) is 18.8 Å². The molecule has 1 unspecified atom stereocenters. The predicted octanol–water partition coefficient (Wildman–Crippen LogP) is 6.47. The van der Waals surface area contributed by atoms with E-state index in [1.165, 1.54) is 13.8 Å². The Kier molecular flexibility index (Phi) is 9.45. The Morgan fingerprint density at radius 3 is 2.42 bits per heavy atom. The molecule has 0 aliphatic carbocycles. The van der Waals surface area contributed by atoms with Gasteiger partial charge in [0.1, 0.15) is 5.75 Å². The number of halogens is 1. The van der Waals surface area contributed by atoms with Crippen LogP contribution in [0.25, 0.3) is 11.2 Å². The normalized spacial score (nSPS) is 12.8. The van der Waals surface area contributed by atoms with Crippen molar-refractivity contribution >= 4 is 18.4 Å². The van der Waals surface area contributed by atoms with Crippen molar-refractivity contribution < 1.29 is 9.13 Å². The third kappa shape index (κ3) is 8.19. The summed E-state index contributed by atoms with van der Waals surface area (Å²) in [5, 5.41) is 3.32. The van der Waals surface area contributed by atoms with Gasteiger partial charge in [0.05, 0.1) is 6.61 Å². The monoisotopic (exact) mass is 448 g/mol. The maximum Gasteiger partial charge on any atom is 0.184 e. The van der Waals surface area contributed by atoms with Crippen LogP contribution in [0, 0.1) is 5.92 Å². The average molecular weight is 448 g/mol. The average Bonchev–Trinajstić information content (AvgIpc) is 2.80. The van der Waals surface area contributed by atoms with Crippen molar-refractivity contribution in [1.29, 1.82) is 0 Å². The molecule has 175 valence electrons. The second-order valence-corrected chi connectivity index (χ2v) is 8.99. The summed E-state index contributed by atoms with van der Waals surface area (Å²) in [7, 11) is 2.05. The van der Waals surface area contributed by atoms with E-state index in [2.05, 4.69) is 55.6 Å². The van der Waals surface area contributed by atoms with Crippen LogP contribution >= 0.6 is 0 Å². The van der Waals surface area contributed by atoms with Gasteiger partial charge < -0.3 is 10.1 Å². The number of aromatic nitrogens is 2. The van der Waals surface area contributed by atoms with Crippen LogP contribution < -0.4 is 10.1 Å². The number of hydrogen-bond acceptors (Lipinski definition) is 4. The molecule has 33 heavy (non-hydrogen) atoms. The Morgan fingerprint density at radius 2 is 1.85 bits per heavy atom. The van der Waals surface area contributed by atoms with E-state index in [9.17, 15) is 4.39 Å². The Hall–Kier alpha value is -2.89. The second kappa shape index (κ2) is 11.8. The smallest absolute Gasteiger partial charge is 0.184 e. The Balaban J connectivity index is 2.20. The van der Waals surface area contributed by atoms with Crippen molar-refractivity contribution in [1.82, 2.24) is 15.3 Å². The van der Waals surface area contributed by atoms with E-state index in [0.717, 1.165) is 45.5 Å². The van der Waals surface area contributed by atoms with Crippen LogP contribution in [-0.2, 0) is 12.2 Å². The fourth-order valence-corrected chi connectivity index (χ4v) is 2.90. The zero-order chi connectivity index (χ0) is 24.6. The Bertz CT molecular complexity index is 993. The molecule has 0 amide bonds. The minimum absolute atomic E-state index is 0.173. The van der Waals surface area contributed by atoms with E-state index in [1.807, 2.05) is 32.1 Å². The van der Waals surface area contributed by atoms with E-state index >= 15 is 0 Å². The maximum atomic E-state index is 14.0. The summed E-state index contributed by atoms with van der Waals surface area (Å²) in [6, 6.07) is 6.06. The van der Waals surface area contributed by atoms with Gasteiger partial charge in [-0.25, -0.2) is 14.4 Å². The van der Waals surface area contributed by atoms with Crippen molar-refractivity contribution in [3.63, 3.8) is 0 Å². The zero-order valence-corrected chi connectivity index (χ0v) is 20.8. The molecule has 1 heterocycles. The van der Waals surface area contributed by atoms with Crippen LogP contribution in [0.5, 0.6) is 5.75 Å². The highest BCUT2D eigenvalue weighted by Gasteiger charge is 2.21. The van der Waals surface area contributed by atoms with Crippen LogP contribution in [-0.4, -0.2) is 23.9 Å². The maximum absolute atomic E-state index is 14.0. The second-order valence-electron chi connectivity index (χ2n) is 8.99. The van der Waals surface area contributed by atoms with Crippen LogP contribution in [0.1, 0.15) is 70.5 Å². The summed E-state index contributed by atoms with van der Waals surface area (Å²) in [6.07, 6.45) is 6.38. The first-order valence-electron chi connectivity index (χ1n) is 11.4. The van der Waals surface area contributed by atoms with Gasteiger partial charge in [-0.2, -0.15) is 0 Å². The van der Waals surface area contributed by atoms with Crippen LogP contribution in [0.3, 0.4) is 0 Å². The molecule has 0 spiro atoms. The van der Waals surface area contributed by atoms with Crippen LogP contribution in [0.4, 0.5) is 4.39 Å². The predicted molar refractivity (Wildman–Crippen MR) is 138 cm³/mol. The number of ether oxygens (including phenoxy) is 1. The molecule has 0 bridgehead atoms. The van der Waals surface area contributed by atoms with E-state index in [-0.39, 0.29) is 5.82 Å². The van der Waals surface area contributed by atoms with Crippen molar-refractivity contribution in [3.05, 3.63) is 77.8 Å². The number of hydrogen-bond donors (Lipinski definition) is 1. The quantitative estimate of drug-likeness (QED) is 0.378. The third-order valence-electron chi connectivity index (χ3n) is 5.46. The van der Waals surface area contributed by atoms with Gasteiger partial charge in [0, 0.05) is 35.8 Å². The highest BCUT2D eigenvalue weighted by molar-refractivity contribution is 6.67. The highest BCUT2D eigenvalue weighted by atomic mass is 19.1. The molecule has 1 radical (unpaired) electrons. The fraction of sp³-hybridized carbons (Fsp3) is 0.407. The molecule has 0 saturated heterocycles. The number of allylic oxidation sites excluding steroid dienone is 2. The van der Waals surface area contributed by atoms with E-state index in [1.54, 1.807) is 12.4 Å². The van der Waals surface area contributed by atoms with Gasteiger partial charge in [-0.15, -0.1) is 12.1 Å². The summed E-state index contributed by atoms with van der Waals surface area (Å²) in [5.41, 5.74) is 3.98. The Labute approximate surface area is 199 Å². The first-order chi connectivity index (χ1) is 15.5. The standard InChI is InChI=1S/C27H36BFN3O/c1-9-18(3)17-33-25-12-23(20(5)28-19(4)10-2)11-24(13-25)21(6)30-14-22-15-31-26(32-16-22)27(7,8)29/h10-13,15-16,18,30H,5-6,9,14,17H2,1-4,7-8H3/b19-10-. The molecule has 0 saturated carbocycles. The van der Waals surface area contributed by atoms with Gasteiger partial charge in [-0.1, -0.05) is 45.3 Å². The molecule has 1 aromatic carbocycles. The van der Waals surface area contributed by atoms with Crippen molar-refractivity contribution in [3.8, 4) is 5.75 Å². The molecule has 4 nitrogen and oxygen atoms in total. The topological polar surface area (TPSA) is 47.0 Å². The lowest BCUT2D eigenvalue weighted by Crippen LogP contribution is -2.16. The minimum atomic E-state index is -1.56. The molecule has 0 aliphatic heterocycles. The molecule has 0 aliphatic rings.